The largest absolute Gasteiger partial charge is 0.458 e. The number of carbonyl (C=O) groups is 1. The normalized spacial score (nSPS) is 55.5. The van der Waals surface area contributed by atoms with Crippen molar-refractivity contribution in [2.75, 3.05) is 46.2 Å². The molecule has 1 spiro atoms. The number of piperidine rings is 1. The van der Waals surface area contributed by atoms with Gasteiger partial charge in [0.05, 0.1) is 51.8 Å². The molecule has 11 rings (SSSR count). The Balaban J connectivity index is 0.728. The monoisotopic (exact) mass is 1270 g/mol. The summed E-state index contributed by atoms with van der Waals surface area (Å²) in [6, 6.07) is 0. The van der Waals surface area contributed by atoms with Crippen molar-refractivity contribution in [3.63, 3.8) is 0 Å². The number of hydrogen-bond acceptors (Lipinski definition) is 30. The highest BCUT2D eigenvalue weighted by Crippen LogP contribution is 2.71. The maximum absolute atomic E-state index is 12.7. The van der Waals surface area contributed by atoms with Crippen molar-refractivity contribution < 1.29 is 143 Å². The van der Waals surface area contributed by atoms with Crippen LogP contribution in [0.2, 0.25) is 0 Å². The zero-order chi connectivity index (χ0) is 63.2. The van der Waals surface area contributed by atoms with E-state index in [-0.39, 0.29) is 47.2 Å². The van der Waals surface area contributed by atoms with Crippen molar-refractivity contribution in [3.05, 3.63) is 0 Å². The minimum atomic E-state index is -2.03. The summed E-state index contributed by atoms with van der Waals surface area (Å²) in [4.78, 5) is 12.7. The van der Waals surface area contributed by atoms with Gasteiger partial charge in [0, 0.05) is 19.4 Å². The van der Waals surface area contributed by atoms with E-state index >= 15 is 0 Å². The highest BCUT2D eigenvalue weighted by molar-refractivity contribution is 5.66. The molecular weight excluding hydrogens is 1170 g/mol. The molecule has 17 N–H and O–H groups in total. The highest BCUT2D eigenvalue weighted by atomic mass is 16.8. The summed E-state index contributed by atoms with van der Waals surface area (Å²) in [6.45, 7) is 5.16. The summed E-state index contributed by atoms with van der Waals surface area (Å²) < 4.78 is 72.8. The van der Waals surface area contributed by atoms with Crippen LogP contribution in [0.3, 0.4) is 0 Å². The number of fused-ring (bicyclic) bond motifs is 7. The van der Waals surface area contributed by atoms with E-state index in [4.69, 9.17) is 56.8 Å². The summed E-state index contributed by atoms with van der Waals surface area (Å²) in [5.41, 5.74) is -1.09. The molecule has 4 aliphatic carbocycles. The quantitative estimate of drug-likeness (QED) is 0.0505. The Kier molecular flexibility index (Phi) is 20.7. The predicted molar refractivity (Wildman–Crippen MR) is 289 cm³/mol. The average Bonchev–Trinajstić information content (AvgIpc) is 1.50. The molecule has 0 aromatic heterocycles. The molecular formula is C58H95NO29. The molecule has 0 amide bonds. The molecule has 0 aromatic rings. The van der Waals surface area contributed by atoms with Gasteiger partial charge in [0.1, 0.15) is 122 Å². The van der Waals surface area contributed by atoms with Gasteiger partial charge >= 0.3 is 5.97 Å². The second-order valence-corrected chi connectivity index (χ2v) is 27.5. The molecule has 0 aromatic carbocycles. The van der Waals surface area contributed by atoms with E-state index in [0.717, 1.165) is 38.5 Å². The van der Waals surface area contributed by atoms with Crippen molar-refractivity contribution in [1.82, 2.24) is 5.32 Å². The van der Waals surface area contributed by atoms with Gasteiger partial charge in [0.25, 0.3) is 0 Å². The first-order chi connectivity index (χ1) is 41.8. The smallest absolute Gasteiger partial charge is 0.303 e. The molecule has 0 bridgehead atoms. The van der Waals surface area contributed by atoms with E-state index in [1.807, 2.05) is 0 Å². The van der Waals surface area contributed by atoms with Gasteiger partial charge in [-0.25, -0.2) is 0 Å². The lowest BCUT2D eigenvalue weighted by atomic mass is 9.44. The van der Waals surface area contributed by atoms with Gasteiger partial charge in [0.15, 0.2) is 37.2 Å². The molecule has 0 radical (unpaired) electrons. The third-order valence-electron chi connectivity index (χ3n) is 22.7. The Morgan fingerprint density at radius 2 is 1.11 bits per heavy atom. The van der Waals surface area contributed by atoms with Crippen LogP contribution < -0.4 is 5.32 Å². The molecule has 6 unspecified atom stereocenters. The summed E-state index contributed by atoms with van der Waals surface area (Å²) in [5, 5.41) is 175. The van der Waals surface area contributed by atoms with Gasteiger partial charge in [-0.1, -0.05) is 20.8 Å². The van der Waals surface area contributed by atoms with Crippen LogP contribution in [0.1, 0.15) is 85.5 Å². The van der Waals surface area contributed by atoms with Crippen LogP contribution in [0.25, 0.3) is 0 Å². The van der Waals surface area contributed by atoms with Crippen molar-refractivity contribution in [1.29, 1.82) is 0 Å². The maximum Gasteiger partial charge on any atom is 0.303 e. The Labute approximate surface area is 508 Å². The number of ether oxygens (including phenoxy) is 12. The Hall–Kier alpha value is -1.65. The van der Waals surface area contributed by atoms with E-state index in [9.17, 15) is 86.5 Å². The number of esters is 1. The average molecular weight is 1270 g/mol. The molecule has 4 saturated carbocycles. The molecule has 11 aliphatic rings. The van der Waals surface area contributed by atoms with Gasteiger partial charge in [-0.3, -0.25) is 10.1 Å². The summed E-state index contributed by atoms with van der Waals surface area (Å²) in [5.74, 6) is 0.879. The van der Waals surface area contributed by atoms with Gasteiger partial charge in [-0.05, 0) is 104 Å². The van der Waals surface area contributed by atoms with E-state index in [1.54, 1.807) is 0 Å². The Morgan fingerprint density at radius 3 is 1.78 bits per heavy atom. The number of nitrogens with one attached hydrogen (secondary N) is 1. The molecule has 30 nitrogen and oxygen atoms in total. The lowest BCUT2D eigenvalue weighted by Gasteiger charge is -2.61. The number of carbonyl (C=O) groups excluding carboxylic acids is 1. The van der Waals surface area contributed by atoms with E-state index in [0.29, 0.717) is 43.6 Å². The molecule has 506 valence electrons. The van der Waals surface area contributed by atoms with Gasteiger partial charge in [-0.15, -0.1) is 0 Å². The maximum atomic E-state index is 12.7. The summed E-state index contributed by atoms with van der Waals surface area (Å²) in [6.07, 6.45) is -34.8. The Bertz CT molecular complexity index is 2330. The minimum Gasteiger partial charge on any atom is -0.458 e. The molecule has 7 saturated heterocycles. The molecule has 30 heteroatoms. The van der Waals surface area contributed by atoms with E-state index in [2.05, 4.69) is 26.1 Å². The van der Waals surface area contributed by atoms with Gasteiger partial charge < -0.3 is 139 Å². The van der Waals surface area contributed by atoms with Crippen LogP contribution in [0.4, 0.5) is 0 Å². The zero-order valence-corrected chi connectivity index (χ0v) is 49.9. The van der Waals surface area contributed by atoms with Crippen LogP contribution in [-0.2, 0) is 61.6 Å². The third-order valence-corrected chi connectivity index (χ3v) is 22.7. The first-order valence-electron chi connectivity index (χ1n) is 31.5. The number of rotatable bonds is 16. The number of hydrogen-bond donors (Lipinski definition) is 17. The van der Waals surface area contributed by atoms with Crippen LogP contribution in [-0.4, -0.2) is 305 Å². The summed E-state index contributed by atoms with van der Waals surface area (Å²) >= 11 is 0. The molecule has 88 heavy (non-hydrogen) atoms. The topological polar surface area (TPSA) is 464 Å². The van der Waals surface area contributed by atoms with Gasteiger partial charge in [-0.2, -0.15) is 0 Å². The van der Waals surface area contributed by atoms with Gasteiger partial charge in [0.2, 0.25) is 0 Å². The minimum absolute atomic E-state index is 0.0503. The van der Waals surface area contributed by atoms with Crippen molar-refractivity contribution >= 4 is 5.97 Å². The van der Waals surface area contributed by atoms with Crippen LogP contribution in [0, 0.1) is 52.3 Å². The first kappa shape index (κ1) is 67.8. The van der Waals surface area contributed by atoms with Crippen molar-refractivity contribution in [3.8, 4) is 0 Å². The predicted octanol–water partition coefficient (Wildman–Crippen LogP) is -6.36. The molecule has 7 heterocycles. The lowest BCUT2D eigenvalue weighted by Crippen LogP contribution is -2.68. The van der Waals surface area contributed by atoms with Crippen LogP contribution in [0.15, 0.2) is 0 Å². The van der Waals surface area contributed by atoms with Crippen LogP contribution >= 0.6 is 0 Å². The first-order valence-corrected chi connectivity index (χ1v) is 31.5. The molecule has 37 atom stereocenters. The molecule has 7 aliphatic heterocycles. The van der Waals surface area contributed by atoms with Crippen molar-refractivity contribution in [2.45, 2.75) is 257 Å². The highest BCUT2D eigenvalue weighted by Gasteiger charge is 2.71. The zero-order valence-electron chi connectivity index (χ0n) is 49.9. The lowest BCUT2D eigenvalue weighted by molar-refractivity contribution is -0.404. The van der Waals surface area contributed by atoms with Crippen molar-refractivity contribution in [2.24, 2.45) is 52.3 Å². The van der Waals surface area contributed by atoms with Crippen LogP contribution in [0.5, 0.6) is 0 Å². The van der Waals surface area contributed by atoms with E-state index in [1.165, 1.54) is 6.92 Å². The fraction of sp³-hybridized carbons (Fsp3) is 0.983. The second kappa shape index (κ2) is 26.9. The fourth-order valence-corrected chi connectivity index (χ4v) is 18.0. The Morgan fingerprint density at radius 1 is 0.545 bits per heavy atom. The second-order valence-electron chi connectivity index (χ2n) is 27.5. The SMILES string of the molecule is CC(=O)O[C@H]1C[C@H](CO[C@@H]2O[C@H](CO)[C@@H](O)[C@H](O)[C@H]2O)CN[C@@]12OC1CC3C4CC[C@H]5C[C@@H](OC6O[C@H](CO)[C@H](O[C@@H]7O[C@H](CO)[C@@H](O)[C@H](O[C@@H]8OC[C@@H](O)[C@H](O)[C@H]8O)[C@H]7O[C@@H]7O[C@H](CO)[C@@H](O)[C@H](O)[C@H]7O)[C@H](O)[C@H]6O)CC[C@]5(C)C4CC[C@]3(C)C1[C@@H]2C. The number of aliphatic hydroxyl groups is 16. The fourth-order valence-electron chi connectivity index (χ4n) is 18.0. The van der Waals surface area contributed by atoms with E-state index < -0.39 is 204 Å². The molecule has 11 fully saturated rings. The number of aliphatic hydroxyl groups excluding tert-OH is 16. The standard InChI is InChI=1S/C58H95NO29/c1-21-36-30(88-58(21)35(79-22(2)64)11-23(14-59-58)19-77-51-45(74)41(70)38(67)31(15-60)81-51)13-28-26-6-5-24-12-25(7-9-56(24,3)27(26)8-10-57(28,36)4)80-53-47(76)43(72)48(34(18-63)84-53)85-55-50(87-54-46(75)42(71)39(68)32(16-61)82-54)49(40(69)33(17-62)83-55)86-52-44(73)37(66)29(65)20-78-52/h21,23-55,59-63,65-76H,5-20H2,1-4H3/t21-,23-,24-,25-,26?,27?,28?,29+,30?,31+,32+,33+,34+,35-,36?,37-,38+,39+,40+,41-,42-,43+,44+,45+,46+,47+,48-,49-,50+,51+,52-,53?,54-,55-,56-,57-,58-/m0/s1. The summed E-state index contributed by atoms with van der Waals surface area (Å²) in [7, 11) is 0. The third kappa shape index (κ3) is 12.1.